The van der Waals surface area contributed by atoms with Crippen LogP contribution in [0.2, 0.25) is 0 Å². The zero-order valence-electron chi connectivity index (χ0n) is 15.0. The molecule has 5 nitrogen and oxygen atoms in total. The molecule has 0 atom stereocenters. The van der Waals surface area contributed by atoms with E-state index in [0.29, 0.717) is 23.7 Å². The van der Waals surface area contributed by atoms with Crippen molar-refractivity contribution in [3.63, 3.8) is 0 Å². The highest BCUT2D eigenvalue weighted by Gasteiger charge is 2.24. The molecule has 0 aliphatic carbocycles. The normalized spacial score (nSPS) is 15.4. The summed E-state index contributed by atoms with van der Waals surface area (Å²) in [5.74, 6) is -0.415. The topological polar surface area (TPSA) is 59.8 Å². The van der Waals surface area contributed by atoms with Gasteiger partial charge in [-0.15, -0.1) is 22.7 Å². The monoisotopic (exact) mass is 393 g/mol. The third-order valence-corrected chi connectivity index (χ3v) is 6.33. The minimum Gasteiger partial charge on any atom is -0.462 e. The van der Waals surface area contributed by atoms with Gasteiger partial charge in [-0.25, -0.2) is 4.79 Å². The minimum absolute atomic E-state index is 0.0352. The molecule has 0 unspecified atom stereocenters. The number of thiophene rings is 2. The van der Waals surface area contributed by atoms with Crippen molar-refractivity contribution in [3.8, 4) is 10.4 Å². The summed E-state index contributed by atoms with van der Waals surface area (Å²) in [6.07, 6.45) is 4.87. The Hall–Kier alpha value is -1.70. The van der Waals surface area contributed by atoms with Crippen molar-refractivity contribution < 1.29 is 19.2 Å². The van der Waals surface area contributed by atoms with Crippen molar-refractivity contribution in [2.45, 2.75) is 32.6 Å². The molecule has 2 aromatic rings. The molecule has 1 amide bonds. The molecular weight excluding hydrogens is 368 g/mol. The summed E-state index contributed by atoms with van der Waals surface area (Å²) in [5, 5.41) is 7.45. The van der Waals surface area contributed by atoms with Crippen LogP contribution in [0.3, 0.4) is 0 Å². The van der Waals surface area contributed by atoms with Crippen LogP contribution in [0.15, 0.2) is 22.9 Å². The van der Waals surface area contributed by atoms with E-state index in [4.69, 9.17) is 4.74 Å². The maximum atomic E-state index is 12.5. The Bertz CT molecular complexity index is 732. The quantitative estimate of drug-likeness (QED) is 0.742. The maximum Gasteiger partial charge on any atom is 0.341 e. The fourth-order valence-electron chi connectivity index (χ4n) is 3.27. The first-order valence-electron chi connectivity index (χ1n) is 9.15. The zero-order valence-corrected chi connectivity index (χ0v) is 16.6. The number of hydrogen-bond acceptors (Lipinski definition) is 5. The van der Waals surface area contributed by atoms with Gasteiger partial charge in [0.05, 0.1) is 19.7 Å². The number of likely N-dealkylation sites (tertiary alicyclic amines) is 1. The van der Waals surface area contributed by atoms with Crippen molar-refractivity contribution in [2.24, 2.45) is 0 Å². The molecule has 7 heteroatoms. The number of anilines is 1. The number of rotatable bonds is 6. The summed E-state index contributed by atoms with van der Waals surface area (Å²) in [7, 11) is 0. The van der Waals surface area contributed by atoms with E-state index < -0.39 is 0 Å². The third kappa shape index (κ3) is 4.72. The predicted octanol–water partition coefficient (Wildman–Crippen LogP) is 3.05. The largest absolute Gasteiger partial charge is 0.462 e. The average Bonchev–Trinajstić information content (AvgIpc) is 3.21. The average molecular weight is 394 g/mol. The van der Waals surface area contributed by atoms with Gasteiger partial charge in [-0.1, -0.05) is 6.07 Å². The number of quaternary nitrogens is 1. The summed E-state index contributed by atoms with van der Waals surface area (Å²) in [6, 6.07) is 3.93. The first-order chi connectivity index (χ1) is 12.7. The second-order valence-corrected chi connectivity index (χ2v) is 8.27. The maximum absolute atomic E-state index is 12.5. The zero-order chi connectivity index (χ0) is 18.4. The van der Waals surface area contributed by atoms with Crippen molar-refractivity contribution in [1.29, 1.82) is 0 Å². The highest BCUT2D eigenvalue weighted by atomic mass is 32.1. The van der Waals surface area contributed by atoms with Crippen LogP contribution in [0, 0.1) is 0 Å². The van der Waals surface area contributed by atoms with Crippen LogP contribution in [0.5, 0.6) is 0 Å². The molecule has 0 radical (unpaired) electrons. The van der Waals surface area contributed by atoms with E-state index in [-0.39, 0.29) is 11.9 Å². The lowest BCUT2D eigenvalue weighted by molar-refractivity contribution is -0.890. The SMILES string of the molecule is CCOC(=O)c1c(-c2cccs2)csc1NC(=O)C[NH+]1CCCCCC1. The van der Waals surface area contributed by atoms with E-state index >= 15 is 0 Å². The van der Waals surface area contributed by atoms with E-state index in [0.717, 1.165) is 23.5 Å². The second kappa shape index (κ2) is 9.30. The summed E-state index contributed by atoms with van der Waals surface area (Å²) >= 11 is 2.96. The van der Waals surface area contributed by atoms with E-state index in [1.54, 1.807) is 18.3 Å². The molecule has 0 spiro atoms. The lowest BCUT2D eigenvalue weighted by Crippen LogP contribution is -3.12. The molecule has 26 heavy (non-hydrogen) atoms. The Morgan fingerprint density at radius 2 is 1.96 bits per heavy atom. The van der Waals surface area contributed by atoms with E-state index in [2.05, 4.69) is 5.32 Å². The van der Waals surface area contributed by atoms with Gasteiger partial charge in [0, 0.05) is 15.8 Å². The number of ether oxygens (including phenoxy) is 1. The molecule has 2 aromatic heterocycles. The number of hydrogen-bond donors (Lipinski definition) is 2. The fourth-order valence-corrected chi connectivity index (χ4v) is 5.06. The predicted molar refractivity (Wildman–Crippen MR) is 106 cm³/mol. The molecule has 0 saturated carbocycles. The van der Waals surface area contributed by atoms with E-state index in [1.165, 1.54) is 41.9 Å². The van der Waals surface area contributed by atoms with Gasteiger partial charge in [0.2, 0.25) is 0 Å². The molecule has 0 aromatic carbocycles. The first kappa shape index (κ1) is 19.1. The van der Waals surface area contributed by atoms with Gasteiger partial charge >= 0.3 is 5.97 Å². The van der Waals surface area contributed by atoms with Gasteiger partial charge in [0.25, 0.3) is 5.91 Å². The van der Waals surface area contributed by atoms with Gasteiger partial charge in [0.15, 0.2) is 6.54 Å². The Balaban J connectivity index is 1.76. The molecule has 140 valence electrons. The van der Waals surface area contributed by atoms with Crippen molar-refractivity contribution in [2.75, 3.05) is 31.6 Å². The molecule has 3 heterocycles. The fraction of sp³-hybridized carbons (Fsp3) is 0.474. The highest BCUT2D eigenvalue weighted by Crippen LogP contribution is 2.38. The van der Waals surface area contributed by atoms with Gasteiger partial charge < -0.3 is 15.0 Å². The van der Waals surface area contributed by atoms with Gasteiger partial charge in [-0.3, -0.25) is 4.79 Å². The Morgan fingerprint density at radius 1 is 1.19 bits per heavy atom. The summed E-state index contributed by atoms with van der Waals surface area (Å²) in [4.78, 5) is 27.4. The van der Waals surface area contributed by atoms with Gasteiger partial charge in [0.1, 0.15) is 10.6 Å². The Morgan fingerprint density at radius 3 is 2.62 bits per heavy atom. The van der Waals surface area contributed by atoms with Crippen molar-refractivity contribution >= 4 is 39.6 Å². The number of amides is 1. The highest BCUT2D eigenvalue weighted by molar-refractivity contribution is 7.17. The number of carbonyl (C=O) groups is 2. The smallest absolute Gasteiger partial charge is 0.341 e. The van der Waals surface area contributed by atoms with Crippen molar-refractivity contribution in [3.05, 3.63) is 28.5 Å². The second-order valence-electron chi connectivity index (χ2n) is 6.44. The van der Waals surface area contributed by atoms with Crippen LogP contribution in [-0.4, -0.2) is 38.1 Å². The minimum atomic E-state index is -0.380. The van der Waals surface area contributed by atoms with Crippen LogP contribution in [0.25, 0.3) is 10.4 Å². The van der Waals surface area contributed by atoms with Gasteiger partial charge in [-0.05, 0) is 44.1 Å². The van der Waals surface area contributed by atoms with Crippen LogP contribution >= 0.6 is 22.7 Å². The van der Waals surface area contributed by atoms with E-state index in [1.807, 2.05) is 22.9 Å². The van der Waals surface area contributed by atoms with Crippen LogP contribution in [0.1, 0.15) is 43.0 Å². The van der Waals surface area contributed by atoms with Crippen LogP contribution < -0.4 is 10.2 Å². The molecule has 1 saturated heterocycles. The lowest BCUT2D eigenvalue weighted by Gasteiger charge is -2.16. The molecule has 1 aliphatic rings. The standard InChI is InChI=1S/C19H24N2O3S2/c1-2-24-19(23)17-14(15-8-7-11-25-15)13-26-18(17)20-16(22)12-21-9-5-3-4-6-10-21/h7-8,11,13H,2-6,9-10,12H2,1H3,(H,20,22)/p+1. The summed E-state index contributed by atoms with van der Waals surface area (Å²) in [6.45, 7) is 4.64. The molecule has 0 bridgehead atoms. The molecule has 1 aliphatic heterocycles. The first-order valence-corrected chi connectivity index (χ1v) is 10.9. The molecular formula is C19H25N2O3S2+. The third-order valence-electron chi connectivity index (χ3n) is 4.53. The Labute approximate surface area is 162 Å². The van der Waals surface area contributed by atoms with Crippen LogP contribution in [0.4, 0.5) is 5.00 Å². The number of esters is 1. The van der Waals surface area contributed by atoms with E-state index in [9.17, 15) is 9.59 Å². The Kier molecular flexibility index (Phi) is 6.82. The molecule has 2 N–H and O–H groups in total. The van der Waals surface area contributed by atoms with Crippen LogP contribution in [-0.2, 0) is 9.53 Å². The van der Waals surface area contributed by atoms with Gasteiger partial charge in [-0.2, -0.15) is 0 Å². The van der Waals surface area contributed by atoms with Crippen molar-refractivity contribution in [1.82, 2.24) is 0 Å². The molecule has 1 fully saturated rings. The number of carbonyl (C=O) groups excluding carboxylic acids is 2. The molecule has 3 rings (SSSR count). The number of nitrogens with one attached hydrogen (secondary N) is 2. The lowest BCUT2D eigenvalue weighted by atomic mass is 10.1. The summed E-state index contributed by atoms with van der Waals surface area (Å²) < 4.78 is 5.23. The summed E-state index contributed by atoms with van der Waals surface area (Å²) in [5.41, 5.74) is 1.30.